The highest BCUT2D eigenvalue weighted by Gasteiger charge is 2.07. The quantitative estimate of drug-likeness (QED) is 0.784. The van der Waals surface area contributed by atoms with Gasteiger partial charge in [0.25, 0.3) is 0 Å². The molecule has 0 saturated heterocycles. The van der Waals surface area contributed by atoms with Crippen molar-refractivity contribution in [3.8, 4) is 5.75 Å². The van der Waals surface area contributed by atoms with Gasteiger partial charge in [0.2, 0.25) is 5.91 Å². The zero-order valence-electron chi connectivity index (χ0n) is 14.4. The first-order valence-electron chi connectivity index (χ1n) is 8.31. The summed E-state index contributed by atoms with van der Waals surface area (Å²) in [5, 5.41) is 2.91. The van der Waals surface area contributed by atoms with Crippen molar-refractivity contribution >= 4 is 5.91 Å². The highest BCUT2D eigenvalue weighted by molar-refractivity contribution is 5.78. The summed E-state index contributed by atoms with van der Waals surface area (Å²) in [5.74, 6) is 1.07. The molecule has 128 valence electrons. The van der Waals surface area contributed by atoms with Gasteiger partial charge in [-0.3, -0.25) is 4.79 Å². The lowest BCUT2D eigenvalue weighted by molar-refractivity contribution is -0.120. The van der Waals surface area contributed by atoms with Crippen molar-refractivity contribution in [2.24, 2.45) is 11.7 Å². The van der Waals surface area contributed by atoms with Gasteiger partial charge in [0.05, 0.1) is 6.42 Å². The Morgan fingerprint density at radius 3 is 2.75 bits per heavy atom. The van der Waals surface area contributed by atoms with Crippen molar-refractivity contribution in [2.45, 2.75) is 26.9 Å². The van der Waals surface area contributed by atoms with Crippen LogP contribution >= 0.6 is 0 Å². The maximum atomic E-state index is 12.0. The predicted molar refractivity (Wildman–Crippen MR) is 96.9 cm³/mol. The van der Waals surface area contributed by atoms with E-state index >= 15 is 0 Å². The molecule has 0 saturated carbocycles. The molecule has 4 heteroatoms. The Hall–Kier alpha value is -2.33. The third-order valence-electron chi connectivity index (χ3n) is 3.97. The number of nitrogens with two attached hydrogens (primary N) is 1. The van der Waals surface area contributed by atoms with Crippen LogP contribution in [0.15, 0.2) is 48.5 Å². The van der Waals surface area contributed by atoms with Gasteiger partial charge < -0.3 is 15.8 Å². The first kappa shape index (κ1) is 18.0. The Labute approximate surface area is 144 Å². The van der Waals surface area contributed by atoms with Gasteiger partial charge in [-0.1, -0.05) is 43.3 Å². The number of rotatable bonds is 8. The molecule has 0 bridgehead atoms. The zero-order valence-corrected chi connectivity index (χ0v) is 14.4. The van der Waals surface area contributed by atoms with Gasteiger partial charge in [-0.15, -0.1) is 0 Å². The smallest absolute Gasteiger partial charge is 0.224 e. The van der Waals surface area contributed by atoms with Gasteiger partial charge in [0.1, 0.15) is 12.4 Å². The largest absolute Gasteiger partial charge is 0.489 e. The minimum absolute atomic E-state index is 0.00588. The van der Waals surface area contributed by atoms with E-state index in [1.807, 2.05) is 43.3 Å². The minimum Gasteiger partial charge on any atom is -0.489 e. The molecule has 0 radical (unpaired) electrons. The fraction of sp³-hybridized carbons (Fsp3) is 0.350. The number of aryl methyl sites for hydroxylation is 1. The van der Waals surface area contributed by atoms with E-state index in [9.17, 15) is 4.79 Å². The van der Waals surface area contributed by atoms with Gasteiger partial charge in [-0.05, 0) is 48.2 Å². The van der Waals surface area contributed by atoms with Crippen LogP contribution in [0, 0.1) is 12.8 Å². The number of amides is 1. The highest BCUT2D eigenvalue weighted by Crippen LogP contribution is 2.17. The molecular formula is C20H26N2O2. The van der Waals surface area contributed by atoms with Gasteiger partial charge >= 0.3 is 0 Å². The van der Waals surface area contributed by atoms with E-state index in [1.54, 1.807) is 0 Å². The molecular weight excluding hydrogens is 300 g/mol. The van der Waals surface area contributed by atoms with E-state index in [4.69, 9.17) is 10.5 Å². The maximum Gasteiger partial charge on any atom is 0.224 e. The Morgan fingerprint density at radius 1 is 1.21 bits per heavy atom. The van der Waals surface area contributed by atoms with Gasteiger partial charge in [-0.25, -0.2) is 0 Å². The van der Waals surface area contributed by atoms with Gasteiger partial charge in [0, 0.05) is 6.54 Å². The summed E-state index contributed by atoms with van der Waals surface area (Å²) in [6.45, 7) is 5.79. The summed E-state index contributed by atoms with van der Waals surface area (Å²) < 4.78 is 5.86. The first-order chi connectivity index (χ1) is 11.6. The molecule has 2 aromatic carbocycles. The fourth-order valence-electron chi connectivity index (χ4n) is 2.30. The summed E-state index contributed by atoms with van der Waals surface area (Å²) in [4.78, 5) is 12.0. The summed E-state index contributed by atoms with van der Waals surface area (Å²) >= 11 is 0. The molecule has 0 fully saturated rings. The number of ether oxygens (including phenoxy) is 1. The number of hydrogen-bond donors (Lipinski definition) is 2. The molecule has 1 amide bonds. The van der Waals surface area contributed by atoms with Crippen LogP contribution in [0.1, 0.15) is 23.6 Å². The third kappa shape index (κ3) is 5.70. The van der Waals surface area contributed by atoms with Crippen molar-refractivity contribution in [2.75, 3.05) is 13.1 Å². The SMILES string of the molecule is Cc1ccccc1COc1cccc(CC(=O)NCC(C)CN)c1. The highest BCUT2D eigenvalue weighted by atomic mass is 16.5. The van der Waals surface area contributed by atoms with Crippen LogP contribution in [0.5, 0.6) is 5.75 Å². The van der Waals surface area contributed by atoms with Crippen molar-refractivity contribution in [3.63, 3.8) is 0 Å². The lowest BCUT2D eigenvalue weighted by Gasteiger charge is -2.11. The number of carbonyl (C=O) groups is 1. The van der Waals surface area contributed by atoms with Crippen molar-refractivity contribution in [1.82, 2.24) is 5.32 Å². The number of benzene rings is 2. The van der Waals surface area contributed by atoms with E-state index in [0.29, 0.717) is 26.1 Å². The molecule has 2 rings (SSSR count). The average molecular weight is 326 g/mol. The van der Waals surface area contributed by atoms with E-state index in [1.165, 1.54) is 5.56 Å². The predicted octanol–water partition coefficient (Wildman–Crippen LogP) is 2.83. The molecule has 0 spiro atoms. The van der Waals surface area contributed by atoms with E-state index in [0.717, 1.165) is 16.9 Å². The second kappa shape index (κ2) is 9.08. The molecule has 0 aliphatic heterocycles. The van der Waals surface area contributed by atoms with Crippen molar-refractivity contribution in [1.29, 1.82) is 0 Å². The molecule has 2 aromatic rings. The summed E-state index contributed by atoms with van der Waals surface area (Å²) in [5.41, 5.74) is 8.87. The van der Waals surface area contributed by atoms with Crippen LogP contribution in [0.2, 0.25) is 0 Å². The molecule has 4 nitrogen and oxygen atoms in total. The first-order valence-corrected chi connectivity index (χ1v) is 8.31. The van der Waals surface area contributed by atoms with Crippen molar-refractivity contribution < 1.29 is 9.53 Å². The lowest BCUT2D eigenvalue weighted by Crippen LogP contribution is -2.32. The number of carbonyl (C=O) groups excluding carboxylic acids is 1. The standard InChI is InChI=1S/C20H26N2O2/c1-15(12-21)13-22-20(23)11-17-7-5-9-19(10-17)24-14-18-8-4-3-6-16(18)2/h3-10,15H,11-14,21H2,1-2H3,(H,22,23). The van der Waals surface area contributed by atoms with E-state index in [2.05, 4.69) is 24.4 Å². The Bertz CT molecular complexity index is 670. The molecule has 0 heterocycles. The topological polar surface area (TPSA) is 64.3 Å². The summed E-state index contributed by atoms with van der Waals surface area (Å²) in [7, 11) is 0. The number of hydrogen-bond acceptors (Lipinski definition) is 3. The summed E-state index contributed by atoms with van der Waals surface area (Å²) in [6.07, 6.45) is 0.346. The average Bonchev–Trinajstić information content (AvgIpc) is 2.59. The molecule has 24 heavy (non-hydrogen) atoms. The molecule has 1 unspecified atom stereocenters. The monoisotopic (exact) mass is 326 g/mol. The van der Waals surface area contributed by atoms with Gasteiger partial charge in [0.15, 0.2) is 0 Å². The summed E-state index contributed by atoms with van der Waals surface area (Å²) in [6, 6.07) is 15.8. The van der Waals surface area contributed by atoms with Crippen LogP contribution in [-0.2, 0) is 17.8 Å². The fourth-order valence-corrected chi connectivity index (χ4v) is 2.30. The van der Waals surface area contributed by atoms with Crippen LogP contribution in [0.25, 0.3) is 0 Å². The van der Waals surface area contributed by atoms with Crippen LogP contribution in [0.3, 0.4) is 0 Å². The van der Waals surface area contributed by atoms with E-state index in [-0.39, 0.29) is 11.8 Å². The molecule has 0 aliphatic rings. The van der Waals surface area contributed by atoms with E-state index < -0.39 is 0 Å². The van der Waals surface area contributed by atoms with Crippen LogP contribution in [-0.4, -0.2) is 19.0 Å². The Morgan fingerprint density at radius 2 is 2.00 bits per heavy atom. The normalized spacial score (nSPS) is 11.8. The molecule has 0 aromatic heterocycles. The molecule has 1 atom stereocenters. The maximum absolute atomic E-state index is 12.0. The number of nitrogens with one attached hydrogen (secondary N) is 1. The van der Waals surface area contributed by atoms with Gasteiger partial charge in [-0.2, -0.15) is 0 Å². The minimum atomic E-state index is 0.00588. The second-order valence-corrected chi connectivity index (χ2v) is 6.18. The zero-order chi connectivity index (χ0) is 17.4. The van der Waals surface area contributed by atoms with Crippen molar-refractivity contribution in [3.05, 3.63) is 65.2 Å². The molecule has 3 N–H and O–H groups in total. The van der Waals surface area contributed by atoms with Crippen LogP contribution < -0.4 is 15.8 Å². The lowest BCUT2D eigenvalue weighted by atomic mass is 10.1. The Balaban J connectivity index is 1.89. The third-order valence-corrected chi connectivity index (χ3v) is 3.97. The second-order valence-electron chi connectivity index (χ2n) is 6.18. The molecule has 0 aliphatic carbocycles. The Kier molecular flexibility index (Phi) is 6.82. The van der Waals surface area contributed by atoms with Crippen LogP contribution in [0.4, 0.5) is 0 Å².